The Hall–Kier alpha value is -2.65. The first-order valence-electron chi connectivity index (χ1n) is 9.30. The van der Waals surface area contributed by atoms with Gasteiger partial charge in [0.05, 0.1) is 19.2 Å². The highest BCUT2D eigenvalue weighted by Gasteiger charge is 2.29. The predicted molar refractivity (Wildman–Crippen MR) is 114 cm³/mol. The third-order valence-corrected chi connectivity index (χ3v) is 6.81. The van der Waals surface area contributed by atoms with Crippen LogP contribution in [0.25, 0.3) is 0 Å². The summed E-state index contributed by atoms with van der Waals surface area (Å²) >= 11 is 6.05. The number of halogens is 1. The summed E-state index contributed by atoms with van der Waals surface area (Å²) in [5.74, 6) is 0.912. The van der Waals surface area contributed by atoms with Crippen molar-refractivity contribution in [2.24, 2.45) is 5.73 Å². The topological polar surface area (TPSA) is 115 Å². The monoisotopic (exact) mass is 453 g/mol. The average molecular weight is 454 g/mol. The number of ether oxygens (including phenoxy) is 2. The van der Waals surface area contributed by atoms with E-state index in [-0.39, 0.29) is 27.5 Å². The van der Waals surface area contributed by atoms with Gasteiger partial charge in [0, 0.05) is 24.7 Å². The molecule has 0 unspecified atom stereocenters. The number of nitrogens with two attached hydrogens (primary N) is 1. The molecule has 1 aliphatic heterocycles. The van der Waals surface area contributed by atoms with Crippen LogP contribution in [0.15, 0.2) is 41.3 Å². The zero-order valence-corrected chi connectivity index (χ0v) is 18.3. The number of hydrogen-bond donors (Lipinski definition) is 2. The quantitative estimate of drug-likeness (QED) is 0.392. The van der Waals surface area contributed by atoms with E-state index in [2.05, 4.69) is 0 Å². The van der Waals surface area contributed by atoms with Crippen LogP contribution in [0.3, 0.4) is 0 Å². The van der Waals surface area contributed by atoms with Crippen LogP contribution in [-0.2, 0) is 10.1 Å². The number of piperidine rings is 1. The van der Waals surface area contributed by atoms with Crippen molar-refractivity contribution in [2.45, 2.75) is 23.7 Å². The molecule has 162 valence electrons. The lowest BCUT2D eigenvalue weighted by molar-refractivity contribution is 0.300. The maximum atomic E-state index is 12.8. The summed E-state index contributed by atoms with van der Waals surface area (Å²) in [6, 6.07) is 9.36. The standard InChI is InChI=1S/C20H24ClN3O5S/c1-27-14-11-15(13-7-9-24(10-8-13)20(22)23)19(28-2)17(12-14)29-30(25,26)18-6-4-3-5-16(18)21/h3-6,11-13H,7-10H2,1-2H3,(H3,22,23). The van der Waals surface area contributed by atoms with E-state index in [4.69, 9.17) is 36.4 Å². The number of nitrogens with zero attached hydrogens (tertiary/aromatic N) is 1. The van der Waals surface area contributed by atoms with E-state index in [1.165, 1.54) is 32.4 Å². The van der Waals surface area contributed by atoms with Crippen molar-refractivity contribution in [1.82, 2.24) is 4.90 Å². The molecular weight excluding hydrogens is 430 g/mol. The molecule has 8 nitrogen and oxygen atoms in total. The van der Waals surface area contributed by atoms with Crippen LogP contribution in [0.2, 0.25) is 5.02 Å². The Morgan fingerprint density at radius 3 is 2.40 bits per heavy atom. The van der Waals surface area contributed by atoms with Gasteiger partial charge in [-0.1, -0.05) is 23.7 Å². The van der Waals surface area contributed by atoms with Gasteiger partial charge >= 0.3 is 10.1 Å². The van der Waals surface area contributed by atoms with Gasteiger partial charge in [-0.3, -0.25) is 5.41 Å². The molecule has 1 fully saturated rings. The van der Waals surface area contributed by atoms with Crippen LogP contribution in [0, 0.1) is 5.41 Å². The van der Waals surface area contributed by atoms with Gasteiger partial charge in [0.1, 0.15) is 10.6 Å². The van der Waals surface area contributed by atoms with Gasteiger partial charge in [-0.15, -0.1) is 0 Å². The summed E-state index contributed by atoms with van der Waals surface area (Å²) in [6.07, 6.45) is 1.44. The molecule has 30 heavy (non-hydrogen) atoms. The summed E-state index contributed by atoms with van der Waals surface area (Å²) in [5, 5.41) is 7.66. The number of hydrogen-bond acceptors (Lipinski definition) is 6. The number of nitrogens with one attached hydrogen (secondary N) is 1. The fourth-order valence-electron chi connectivity index (χ4n) is 3.54. The van der Waals surface area contributed by atoms with Crippen molar-refractivity contribution in [1.29, 1.82) is 5.41 Å². The lowest BCUT2D eigenvalue weighted by Gasteiger charge is -2.33. The molecule has 1 heterocycles. The highest BCUT2D eigenvalue weighted by atomic mass is 35.5. The van der Waals surface area contributed by atoms with Gasteiger partial charge in [0.25, 0.3) is 0 Å². The Morgan fingerprint density at radius 2 is 1.83 bits per heavy atom. The second-order valence-electron chi connectivity index (χ2n) is 6.86. The van der Waals surface area contributed by atoms with E-state index in [1.807, 2.05) is 6.07 Å². The molecule has 1 saturated heterocycles. The number of guanidine groups is 1. The minimum absolute atomic E-state index is 0.0285. The molecule has 0 aromatic heterocycles. The maximum Gasteiger partial charge on any atom is 0.340 e. The van der Waals surface area contributed by atoms with Crippen molar-refractivity contribution in [3.63, 3.8) is 0 Å². The Kier molecular flexibility index (Phi) is 6.62. The van der Waals surface area contributed by atoms with Gasteiger partial charge in [-0.05, 0) is 37.0 Å². The van der Waals surface area contributed by atoms with E-state index in [0.717, 1.165) is 18.4 Å². The average Bonchev–Trinajstić information content (AvgIpc) is 2.73. The lowest BCUT2D eigenvalue weighted by atomic mass is 9.88. The number of rotatable bonds is 6. The van der Waals surface area contributed by atoms with Gasteiger partial charge in [-0.25, -0.2) is 0 Å². The Labute approximate surface area is 181 Å². The minimum atomic E-state index is -4.19. The summed E-state index contributed by atoms with van der Waals surface area (Å²) in [4.78, 5) is 1.66. The zero-order valence-electron chi connectivity index (χ0n) is 16.7. The van der Waals surface area contributed by atoms with Crippen molar-refractivity contribution in [3.8, 4) is 17.2 Å². The molecule has 2 aromatic rings. The van der Waals surface area contributed by atoms with Crippen molar-refractivity contribution in [2.75, 3.05) is 27.3 Å². The summed E-state index contributed by atoms with van der Waals surface area (Å²) in [5.41, 5.74) is 6.36. The first-order valence-corrected chi connectivity index (χ1v) is 11.1. The van der Waals surface area contributed by atoms with Gasteiger partial charge in [0.2, 0.25) is 0 Å². The zero-order chi connectivity index (χ0) is 21.9. The summed E-state index contributed by atoms with van der Waals surface area (Å²) in [7, 11) is -1.23. The smallest absolute Gasteiger partial charge is 0.340 e. The summed E-state index contributed by atoms with van der Waals surface area (Å²) < 4.78 is 42.1. The highest BCUT2D eigenvalue weighted by molar-refractivity contribution is 7.87. The highest BCUT2D eigenvalue weighted by Crippen LogP contribution is 2.44. The van der Waals surface area contributed by atoms with Crippen LogP contribution < -0.4 is 19.4 Å². The van der Waals surface area contributed by atoms with Crippen LogP contribution in [0.4, 0.5) is 0 Å². The van der Waals surface area contributed by atoms with E-state index < -0.39 is 10.1 Å². The molecule has 0 radical (unpaired) electrons. The molecule has 1 aliphatic rings. The molecule has 0 aliphatic carbocycles. The van der Waals surface area contributed by atoms with E-state index >= 15 is 0 Å². The van der Waals surface area contributed by atoms with Crippen molar-refractivity contribution >= 4 is 27.7 Å². The van der Waals surface area contributed by atoms with Gasteiger partial charge < -0.3 is 24.3 Å². The second kappa shape index (κ2) is 9.01. The van der Waals surface area contributed by atoms with Crippen molar-refractivity contribution < 1.29 is 22.1 Å². The SMILES string of the molecule is COc1cc(OS(=O)(=O)c2ccccc2Cl)c(OC)c(C2CCN(C(=N)N)CC2)c1. The normalized spacial score (nSPS) is 15.0. The van der Waals surface area contributed by atoms with Gasteiger partial charge in [-0.2, -0.15) is 8.42 Å². The van der Waals surface area contributed by atoms with E-state index in [0.29, 0.717) is 24.6 Å². The predicted octanol–water partition coefficient (Wildman–Crippen LogP) is 3.20. The van der Waals surface area contributed by atoms with Crippen LogP contribution in [-0.4, -0.2) is 46.6 Å². The van der Waals surface area contributed by atoms with E-state index in [9.17, 15) is 8.42 Å². The minimum Gasteiger partial charge on any atom is -0.497 e. The molecule has 0 bridgehead atoms. The molecule has 2 aromatic carbocycles. The first kappa shape index (κ1) is 22.0. The largest absolute Gasteiger partial charge is 0.497 e. The molecule has 0 saturated carbocycles. The third kappa shape index (κ3) is 4.57. The molecule has 3 N–H and O–H groups in total. The molecule has 3 rings (SSSR count). The molecule has 0 amide bonds. The lowest BCUT2D eigenvalue weighted by Crippen LogP contribution is -2.41. The molecule has 0 spiro atoms. The molecular formula is C20H24ClN3O5S. The number of benzene rings is 2. The number of likely N-dealkylation sites (tertiary alicyclic amines) is 1. The molecule has 10 heteroatoms. The Morgan fingerprint density at radius 1 is 1.17 bits per heavy atom. The molecule has 0 atom stereocenters. The maximum absolute atomic E-state index is 12.8. The second-order valence-corrected chi connectivity index (χ2v) is 8.78. The van der Waals surface area contributed by atoms with Gasteiger partial charge in [0.15, 0.2) is 17.5 Å². The third-order valence-electron chi connectivity index (χ3n) is 5.08. The van der Waals surface area contributed by atoms with E-state index in [1.54, 1.807) is 17.0 Å². The number of methoxy groups -OCH3 is 2. The Bertz CT molecular complexity index is 1040. The van der Waals surface area contributed by atoms with Crippen molar-refractivity contribution in [3.05, 3.63) is 47.0 Å². The first-order chi connectivity index (χ1) is 14.3. The fraction of sp³-hybridized carbons (Fsp3) is 0.350. The fourth-order valence-corrected chi connectivity index (χ4v) is 4.96. The van der Waals surface area contributed by atoms with Crippen LogP contribution >= 0.6 is 11.6 Å². The van der Waals surface area contributed by atoms with Crippen LogP contribution in [0.5, 0.6) is 17.2 Å². The summed E-state index contributed by atoms with van der Waals surface area (Å²) in [6.45, 7) is 1.24. The van der Waals surface area contributed by atoms with Crippen LogP contribution in [0.1, 0.15) is 24.3 Å². The Balaban J connectivity index is 1.98.